The molecule has 2 amide bonds. The van der Waals surface area contributed by atoms with Gasteiger partial charge in [0.15, 0.2) is 6.17 Å². The Morgan fingerprint density at radius 1 is 1.12 bits per heavy atom. The van der Waals surface area contributed by atoms with Crippen molar-refractivity contribution in [2.75, 3.05) is 6.54 Å². The number of hydroxylamine groups is 2. The van der Waals surface area contributed by atoms with Crippen LogP contribution in [0.15, 0.2) is 40.9 Å². The molecule has 3 rings (SSSR count). The van der Waals surface area contributed by atoms with Gasteiger partial charge in [0, 0.05) is 0 Å². The number of rotatable bonds is 2. The van der Waals surface area contributed by atoms with Crippen molar-refractivity contribution in [2.45, 2.75) is 6.17 Å². The van der Waals surface area contributed by atoms with E-state index in [4.69, 9.17) is 0 Å². The molecule has 0 aliphatic carbocycles. The molecular formula is C16H10BrF3N2O3. The average Bonchev–Trinajstić information content (AvgIpc) is 2.85. The van der Waals surface area contributed by atoms with Crippen LogP contribution in [0.3, 0.4) is 0 Å². The Hall–Kier alpha value is -2.39. The minimum absolute atomic E-state index is 0.0437. The van der Waals surface area contributed by atoms with Gasteiger partial charge in [0.1, 0.15) is 29.6 Å². The third-order valence-electron chi connectivity index (χ3n) is 3.77. The van der Waals surface area contributed by atoms with Crippen LogP contribution in [0.5, 0.6) is 0 Å². The van der Waals surface area contributed by atoms with Gasteiger partial charge in [-0.1, -0.05) is 12.1 Å². The summed E-state index contributed by atoms with van der Waals surface area (Å²) in [7, 11) is 0. The van der Waals surface area contributed by atoms with E-state index in [-0.39, 0.29) is 15.1 Å². The van der Waals surface area contributed by atoms with Crippen LogP contribution in [0.4, 0.5) is 13.2 Å². The number of hydrogen-bond acceptors (Lipinski definition) is 3. The number of hydrogen-bond donors (Lipinski definition) is 1. The zero-order valence-electron chi connectivity index (χ0n) is 12.4. The number of carbonyl (C=O) groups is 2. The zero-order valence-corrected chi connectivity index (χ0v) is 14.0. The van der Waals surface area contributed by atoms with Gasteiger partial charge in [0.05, 0.1) is 4.47 Å². The lowest BCUT2D eigenvalue weighted by Crippen LogP contribution is -2.35. The maximum Gasteiger partial charge on any atom is 0.267 e. The molecule has 1 unspecified atom stereocenters. The molecule has 130 valence electrons. The number of halogens is 4. The van der Waals surface area contributed by atoms with Crippen LogP contribution >= 0.6 is 15.9 Å². The highest BCUT2D eigenvalue weighted by Crippen LogP contribution is 2.33. The van der Waals surface area contributed by atoms with E-state index in [9.17, 15) is 28.0 Å². The van der Waals surface area contributed by atoms with E-state index in [0.717, 1.165) is 29.2 Å². The molecule has 1 fully saturated rings. The van der Waals surface area contributed by atoms with Gasteiger partial charge in [0.25, 0.3) is 11.8 Å². The standard InChI is InChI=1S/C16H10BrF3N2O3/c17-9-6-8(4-5-10(9)18)15-21(7-13(23)22(15)25)16(24)14-11(19)2-1-3-12(14)20/h1-6,15,25H,7H2. The second kappa shape index (κ2) is 6.49. The quantitative estimate of drug-likeness (QED) is 0.767. The molecule has 25 heavy (non-hydrogen) atoms. The van der Waals surface area contributed by atoms with Crippen LogP contribution in [0, 0.1) is 17.5 Å². The second-order valence-electron chi connectivity index (χ2n) is 5.32. The van der Waals surface area contributed by atoms with Gasteiger partial charge < -0.3 is 4.90 Å². The largest absolute Gasteiger partial charge is 0.302 e. The van der Waals surface area contributed by atoms with Gasteiger partial charge in [-0.15, -0.1) is 0 Å². The fourth-order valence-electron chi connectivity index (χ4n) is 2.60. The Balaban J connectivity index is 2.05. The van der Waals surface area contributed by atoms with Crippen LogP contribution < -0.4 is 0 Å². The third-order valence-corrected chi connectivity index (χ3v) is 4.38. The van der Waals surface area contributed by atoms with Crippen LogP contribution in [-0.2, 0) is 4.79 Å². The summed E-state index contributed by atoms with van der Waals surface area (Å²) < 4.78 is 41.2. The fourth-order valence-corrected chi connectivity index (χ4v) is 2.99. The fraction of sp³-hybridized carbons (Fsp3) is 0.125. The highest BCUT2D eigenvalue weighted by Gasteiger charge is 2.42. The zero-order chi connectivity index (χ0) is 18.3. The van der Waals surface area contributed by atoms with Crippen molar-refractivity contribution in [3.63, 3.8) is 0 Å². The lowest BCUT2D eigenvalue weighted by Gasteiger charge is -2.27. The van der Waals surface area contributed by atoms with Crippen LogP contribution in [0.25, 0.3) is 0 Å². The van der Waals surface area contributed by atoms with Gasteiger partial charge in [-0.05, 0) is 45.8 Å². The van der Waals surface area contributed by atoms with E-state index < -0.39 is 47.5 Å². The van der Waals surface area contributed by atoms with E-state index in [0.29, 0.717) is 0 Å². The van der Waals surface area contributed by atoms with Gasteiger partial charge in [0.2, 0.25) is 0 Å². The van der Waals surface area contributed by atoms with Crippen LogP contribution in [0.1, 0.15) is 22.1 Å². The molecule has 0 aromatic heterocycles. The molecule has 5 nitrogen and oxygen atoms in total. The van der Waals surface area contributed by atoms with Gasteiger partial charge in [-0.2, -0.15) is 5.06 Å². The van der Waals surface area contributed by atoms with Crippen molar-refractivity contribution in [3.8, 4) is 0 Å². The summed E-state index contributed by atoms with van der Waals surface area (Å²) in [6.07, 6.45) is -1.34. The molecule has 0 saturated carbocycles. The predicted molar refractivity (Wildman–Crippen MR) is 82.9 cm³/mol. The molecule has 1 atom stereocenters. The molecule has 0 radical (unpaired) electrons. The minimum atomic E-state index is -1.34. The molecule has 0 spiro atoms. The summed E-state index contributed by atoms with van der Waals surface area (Å²) in [6, 6.07) is 6.51. The first-order valence-corrected chi connectivity index (χ1v) is 7.81. The highest BCUT2D eigenvalue weighted by molar-refractivity contribution is 9.10. The number of amides is 2. The van der Waals surface area contributed by atoms with Gasteiger partial charge >= 0.3 is 0 Å². The predicted octanol–water partition coefficient (Wildman–Crippen LogP) is 3.24. The van der Waals surface area contributed by atoms with Crippen LogP contribution in [-0.4, -0.2) is 33.5 Å². The molecule has 0 bridgehead atoms. The molecule has 1 aliphatic heterocycles. The molecule has 1 N–H and O–H groups in total. The van der Waals surface area contributed by atoms with E-state index in [2.05, 4.69) is 15.9 Å². The number of nitrogens with zero attached hydrogens (tertiary/aromatic N) is 2. The molecule has 2 aromatic carbocycles. The normalized spacial score (nSPS) is 17.3. The van der Waals surface area contributed by atoms with E-state index in [1.165, 1.54) is 12.1 Å². The molecule has 9 heteroatoms. The van der Waals surface area contributed by atoms with E-state index in [1.54, 1.807) is 0 Å². The monoisotopic (exact) mass is 414 g/mol. The first kappa shape index (κ1) is 17.4. The minimum Gasteiger partial charge on any atom is -0.302 e. The van der Waals surface area contributed by atoms with Crippen LogP contribution in [0.2, 0.25) is 0 Å². The number of carbonyl (C=O) groups excluding carboxylic acids is 2. The van der Waals surface area contributed by atoms with E-state index in [1.807, 2.05) is 0 Å². The Bertz CT molecular complexity index is 857. The second-order valence-corrected chi connectivity index (χ2v) is 6.17. The molecule has 1 saturated heterocycles. The van der Waals surface area contributed by atoms with Gasteiger partial charge in [-0.25, -0.2) is 13.2 Å². The van der Waals surface area contributed by atoms with Crippen molar-refractivity contribution in [3.05, 3.63) is 69.4 Å². The first-order valence-electron chi connectivity index (χ1n) is 7.02. The van der Waals surface area contributed by atoms with Crippen molar-refractivity contribution in [1.82, 2.24) is 9.96 Å². The Labute approximate surface area is 148 Å². The average molecular weight is 415 g/mol. The Morgan fingerprint density at radius 2 is 1.76 bits per heavy atom. The Kier molecular flexibility index (Phi) is 4.53. The lowest BCUT2D eigenvalue weighted by molar-refractivity contribution is -0.168. The summed E-state index contributed by atoms with van der Waals surface area (Å²) in [5, 5.41) is 10.2. The summed E-state index contributed by atoms with van der Waals surface area (Å²) in [5.41, 5.74) is -0.650. The first-order chi connectivity index (χ1) is 11.8. The van der Waals surface area contributed by atoms with Crippen molar-refractivity contribution in [1.29, 1.82) is 0 Å². The third kappa shape index (κ3) is 3.00. The SMILES string of the molecule is O=C1CN(C(=O)c2c(F)cccc2F)C(c2ccc(F)c(Br)c2)N1O. The molecule has 1 heterocycles. The van der Waals surface area contributed by atoms with Crippen molar-refractivity contribution >= 4 is 27.7 Å². The summed E-state index contributed by atoms with van der Waals surface area (Å²) >= 11 is 2.97. The summed E-state index contributed by atoms with van der Waals surface area (Å²) in [4.78, 5) is 25.2. The molecule has 2 aromatic rings. The topological polar surface area (TPSA) is 60.9 Å². The molecular weight excluding hydrogens is 405 g/mol. The molecule has 1 aliphatic rings. The smallest absolute Gasteiger partial charge is 0.267 e. The number of benzene rings is 2. The maximum atomic E-state index is 13.9. The van der Waals surface area contributed by atoms with Crippen molar-refractivity contribution < 1.29 is 28.0 Å². The van der Waals surface area contributed by atoms with Crippen molar-refractivity contribution in [2.24, 2.45) is 0 Å². The van der Waals surface area contributed by atoms with Gasteiger partial charge in [-0.3, -0.25) is 14.8 Å². The summed E-state index contributed by atoms with van der Waals surface area (Å²) in [5.74, 6) is -4.71. The summed E-state index contributed by atoms with van der Waals surface area (Å²) in [6.45, 7) is -0.581. The Morgan fingerprint density at radius 3 is 2.36 bits per heavy atom. The maximum absolute atomic E-state index is 13.9. The van der Waals surface area contributed by atoms with E-state index >= 15 is 0 Å². The highest BCUT2D eigenvalue weighted by atomic mass is 79.9. The lowest BCUT2D eigenvalue weighted by atomic mass is 10.1.